The normalized spacial score (nSPS) is 12.5. The predicted octanol–water partition coefficient (Wildman–Crippen LogP) is 0.764. The molecule has 4 N–H and O–H groups in total. The van der Waals surface area contributed by atoms with Gasteiger partial charge in [-0.1, -0.05) is 19.0 Å². The average Bonchev–Trinajstić information content (AvgIpc) is 2.74. The predicted molar refractivity (Wildman–Crippen MR) is 72.1 cm³/mol. The molecule has 1 heterocycles. The lowest BCUT2D eigenvalue weighted by Gasteiger charge is -2.31. The fourth-order valence-corrected chi connectivity index (χ4v) is 2.05. The first-order valence-corrected chi connectivity index (χ1v) is 6.21. The van der Waals surface area contributed by atoms with Gasteiger partial charge in [0.15, 0.2) is 5.84 Å². The Hall–Kier alpha value is -2.05. The van der Waals surface area contributed by atoms with Crippen molar-refractivity contribution in [1.29, 1.82) is 0 Å². The number of oxime groups is 1. The molecule has 0 spiro atoms. The SMILES string of the molecule is CCC(CC)(NC(=O)c1cc(C)nn1C)C(N)=NO. The summed E-state index contributed by atoms with van der Waals surface area (Å²) < 4.78 is 1.51. The number of hydrogen-bond donors (Lipinski definition) is 3. The monoisotopic (exact) mass is 267 g/mol. The molecule has 0 fully saturated rings. The Labute approximate surface area is 112 Å². The van der Waals surface area contributed by atoms with E-state index in [-0.39, 0.29) is 11.7 Å². The lowest BCUT2D eigenvalue weighted by molar-refractivity contribution is 0.0908. The first-order chi connectivity index (χ1) is 8.90. The number of nitrogens with one attached hydrogen (secondary N) is 1. The van der Waals surface area contributed by atoms with E-state index in [2.05, 4.69) is 15.6 Å². The van der Waals surface area contributed by atoms with Crippen molar-refractivity contribution in [1.82, 2.24) is 15.1 Å². The molecule has 0 saturated carbocycles. The van der Waals surface area contributed by atoms with Gasteiger partial charge in [-0.3, -0.25) is 9.48 Å². The number of aryl methyl sites for hydroxylation is 2. The molecule has 0 atom stereocenters. The topological polar surface area (TPSA) is 106 Å². The number of carbonyl (C=O) groups is 1. The van der Waals surface area contributed by atoms with Crippen molar-refractivity contribution in [3.05, 3.63) is 17.5 Å². The lowest BCUT2D eigenvalue weighted by Crippen LogP contribution is -2.57. The second-order valence-electron chi connectivity index (χ2n) is 4.52. The summed E-state index contributed by atoms with van der Waals surface area (Å²) >= 11 is 0. The first-order valence-electron chi connectivity index (χ1n) is 6.21. The van der Waals surface area contributed by atoms with Gasteiger partial charge in [-0.2, -0.15) is 5.10 Å². The molecule has 0 saturated heterocycles. The summed E-state index contributed by atoms with van der Waals surface area (Å²) in [7, 11) is 1.70. The van der Waals surface area contributed by atoms with Crippen LogP contribution in [0, 0.1) is 6.92 Å². The standard InChI is InChI=1S/C12H21N5O2/c1-5-12(6-2,11(13)16-19)14-10(18)9-7-8(3)15-17(9)4/h7,19H,5-6H2,1-4H3,(H2,13,16)(H,14,18). The van der Waals surface area contributed by atoms with Gasteiger partial charge in [-0.15, -0.1) is 0 Å². The molecule has 1 aromatic heterocycles. The number of carbonyl (C=O) groups excluding carboxylic acids is 1. The summed E-state index contributed by atoms with van der Waals surface area (Å²) in [4.78, 5) is 12.3. The van der Waals surface area contributed by atoms with Crippen LogP contribution in [0.25, 0.3) is 0 Å². The molecule has 7 nitrogen and oxygen atoms in total. The second kappa shape index (κ2) is 5.73. The van der Waals surface area contributed by atoms with Crippen LogP contribution in [0.3, 0.4) is 0 Å². The number of rotatable bonds is 5. The molecule has 7 heteroatoms. The summed E-state index contributed by atoms with van der Waals surface area (Å²) in [5.74, 6) is -0.289. The van der Waals surface area contributed by atoms with Crippen LogP contribution in [-0.2, 0) is 7.05 Å². The fourth-order valence-electron chi connectivity index (χ4n) is 2.05. The summed E-state index contributed by atoms with van der Waals surface area (Å²) in [6.45, 7) is 5.56. The van der Waals surface area contributed by atoms with Crippen molar-refractivity contribution in [2.75, 3.05) is 0 Å². The smallest absolute Gasteiger partial charge is 0.270 e. The zero-order valence-electron chi connectivity index (χ0n) is 11.8. The maximum atomic E-state index is 12.3. The molecule has 0 radical (unpaired) electrons. The molecular formula is C12H21N5O2. The van der Waals surface area contributed by atoms with Gasteiger partial charge in [-0.05, 0) is 25.8 Å². The lowest BCUT2D eigenvalue weighted by atomic mass is 9.91. The molecular weight excluding hydrogens is 246 g/mol. The largest absolute Gasteiger partial charge is 0.409 e. The Morgan fingerprint density at radius 1 is 1.58 bits per heavy atom. The highest BCUT2D eigenvalue weighted by molar-refractivity contribution is 5.99. The fraction of sp³-hybridized carbons (Fsp3) is 0.583. The second-order valence-corrected chi connectivity index (χ2v) is 4.52. The van der Waals surface area contributed by atoms with Gasteiger partial charge in [0.25, 0.3) is 5.91 Å². The number of aromatic nitrogens is 2. The van der Waals surface area contributed by atoms with Gasteiger partial charge in [-0.25, -0.2) is 0 Å². The van der Waals surface area contributed by atoms with Crippen LogP contribution in [0.5, 0.6) is 0 Å². The van der Waals surface area contributed by atoms with Crippen molar-refractivity contribution < 1.29 is 10.0 Å². The van der Waals surface area contributed by atoms with Crippen LogP contribution in [0.2, 0.25) is 0 Å². The van der Waals surface area contributed by atoms with Gasteiger partial charge < -0.3 is 16.3 Å². The van der Waals surface area contributed by atoms with E-state index >= 15 is 0 Å². The number of nitrogens with two attached hydrogens (primary N) is 1. The Morgan fingerprint density at radius 2 is 2.16 bits per heavy atom. The molecule has 106 valence electrons. The van der Waals surface area contributed by atoms with E-state index in [1.165, 1.54) is 4.68 Å². The molecule has 19 heavy (non-hydrogen) atoms. The van der Waals surface area contributed by atoms with Crippen LogP contribution >= 0.6 is 0 Å². The Kier molecular flexibility index (Phi) is 4.52. The summed E-state index contributed by atoms with van der Waals surface area (Å²) in [5.41, 5.74) is 6.06. The van der Waals surface area contributed by atoms with E-state index in [1.54, 1.807) is 13.1 Å². The quantitative estimate of drug-likeness (QED) is 0.317. The van der Waals surface area contributed by atoms with Crippen molar-refractivity contribution >= 4 is 11.7 Å². The molecule has 0 aliphatic rings. The number of nitrogens with zero attached hydrogens (tertiary/aromatic N) is 3. The molecule has 0 aromatic carbocycles. The molecule has 1 amide bonds. The zero-order valence-corrected chi connectivity index (χ0v) is 11.8. The van der Waals surface area contributed by atoms with E-state index in [9.17, 15) is 4.79 Å². The van der Waals surface area contributed by atoms with Crippen LogP contribution < -0.4 is 11.1 Å². The minimum atomic E-state index is -0.843. The van der Waals surface area contributed by atoms with E-state index in [0.29, 0.717) is 18.5 Å². The van der Waals surface area contributed by atoms with Crippen molar-refractivity contribution in [2.24, 2.45) is 17.9 Å². The van der Waals surface area contributed by atoms with Gasteiger partial charge in [0, 0.05) is 7.05 Å². The maximum Gasteiger partial charge on any atom is 0.270 e. The highest BCUT2D eigenvalue weighted by atomic mass is 16.4. The van der Waals surface area contributed by atoms with Crippen molar-refractivity contribution in [3.63, 3.8) is 0 Å². The van der Waals surface area contributed by atoms with E-state index in [0.717, 1.165) is 5.69 Å². The first kappa shape index (κ1) is 15.0. The third kappa shape index (κ3) is 2.86. The Balaban J connectivity index is 3.04. The third-order valence-corrected chi connectivity index (χ3v) is 3.39. The summed E-state index contributed by atoms with van der Waals surface area (Å²) in [5, 5.41) is 18.9. The highest BCUT2D eigenvalue weighted by Gasteiger charge is 2.34. The molecule has 1 rings (SSSR count). The van der Waals surface area contributed by atoms with E-state index in [1.807, 2.05) is 20.8 Å². The van der Waals surface area contributed by atoms with Crippen LogP contribution in [0.4, 0.5) is 0 Å². The van der Waals surface area contributed by atoms with Crippen molar-refractivity contribution in [3.8, 4) is 0 Å². The molecule has 0 aliphatic carbocycles. The Bertz CT molecular complexity index is 488. The van der Waals surface area contributed by atoms with Gasteiger partial charge >= 0.3 is 0 Å². The molecule has 1 aromatic rings. The van der Waals surface area contributed by atoms with Gasteiger partial charge in [0.05, 0.1) is 5.69 Å². The number of amides is 1. The van der Waals surface area contributed by atoms with Crippen LogP contribution in [0.15, 0.2) is 11.2 Å². The third-order valence-electron chi connectivity index (χ3n) is 3.39. The van der Waals surface area contributed by atoms with E-state index in [4.69, 9.17) is 10.9 Å². The molecule has 0 aliphatic heterocycles. The summed E-state index contributed by atoms with van der Waals surface area (Å²) in [6.07, 6.45) is 1.06. The maximum absolute atomic E-state index is 12.3. The minimum absolute atomic E-state index is 0.00439. The number of hydrogen-bond acceptors (Lipinski definition) is 4. The minimum Gasteiger partial charge on any atom is -0.409 e. The summed E-state index contributed by atoms with van der Waals surface area (Å²) in [6, 6.07) is 1.69. The van der Waals surface area contributed by atoms with Gasteiger partial charge in [0.2, 0.25) is 0 Å². The average molecular weight is 267 g/mol. The van der Waals surface area contributed by atoms with E-state index < -0.39 is 5.54 Å². The van der Waals surface area contributed by atoms with Crippen LogP contribution in [0.1, 0.15) is 42.9 Å². The highest BCUT2D eigenvalue weighted by Crippen LogP contribution is 2.16. The molecule has 0 bridgehead atoms. The van der Waals surface area contributed by atoms with Crippen molar-refractivity contribution in [2.45, 2.75) is 39.2 Å². The van der Waals surface area contributed by atoms with Crippen LogP contribution in [-0.4, -0.2) is 32.3 Å². The molecule has 0 unspecified atom stereocenters. The Morgan fingerprint density at radius 3 is 2.53 bits per heavy atom. The number of amidine groups is 1. The van der Waals surface area contributed by atoms with Gasteiger partial charge in [0.1, 0.15) is 11.2 Å². The zero-order chi connectivity index (χ0) is 14.6.